The summed E-state index contributed by atoms with van der Waals surface area (Å²) in [6, 6.07) is 0. The van der Waals surface area contributed by atoms with Gasteiger partial charge in [-0.05, 0) is 12.3 Å². The minimum atomic E-state index is -0.394. The van der Waals surface area contributed by atoms with E-state index < -0.39 is 5.97 Å². The monoisotopic (exact) mass is 230 g/mol. The lowest BCUT2D eigenvalue weighted by atomic mass is 9.96. The maximum absolute atomic E-state index is 9.84. The topological polar surface area (TPSA) is 46.5 Å². The van der Waals surface area contributed by atoms with Crippen LogP contribution in [0.4, 0.5) is 0 Å². The quantitative estimate of drug-likeness (QED) is 0.540. The Bertz CT molecular complexity index is 167. The first-order valence-corrected chi connectivity index (χ1v) is 5.97. The molecule has 1 unspecified atom stereocenters. The van der Waals surface area contributed by atoms with E-state index in [2.05, 4.69) is 25.2 Å². The minimum absolute atomic E-state index is 0.363. The highest BCUT2D eigenvalue weighted by Gasteiger charge is 2.03. The molecular weight excluding hydrogens is 204 g/mol. The Morgan fingerprint density at radius 1 is 1.44 bits per heavy atom. The molecule has 3 heteroatoms. The second kappa shape index (κ2) is 14.2. The lowest BCUT2D eigenvalue weighted by molar-refractivity contribution is -0.134. The van der Waals surface area contributed by atoms with E-state index in [9.17, 15) is 4.79 Å². The lowest BCUT2D eigenvalue weighted by Crippen LogP contribution is -2.01. The Hall–Kier alpha value is -0.830. The van der Waals surface area contributed by atoms with Crippen LogP contribution in [0.15, 0.2) is 12.7 Å². The summed E-state index contributed by atoms with van der Waals surface area (Å²) in [5.41, 5.74) is 0. The van der Waals surface area contributed by atoms with E-state index in [1.54, 1.807) is 0 Å². The van der Waals surface area contributed by atoms with Gasteiger partial charge >= 0.3 is 5.97 Å². The molecule has 96 valence electrons. The second-order valence-corrected chi connectivity index (χ2v) is 3.66. The van der Waals surface area contributed by atoms with E-state index in [-0.39, 0.29) is 0 Å². The number of methoxy groups -OCH3 is 1. The summed E-state index contributed by atoms with van der Waals surface area (Å²) < 4.78 is 4.14. The Morgan fingerprint density at radius 3 is 2.31 bits per heavy atom. The van der Waals surface area contributed by atoms with Crippen molar-refractivity contribution in [3.63, 3.8) is 0 Å². The van der Waals surface area contributed by atoms with Gasteiger partial charge in [0.1, 0.15) is 0 Å². The fourth-order valence-corrected chi connectivity index (χ4v) is 1.31. The average molecular weight is 230 g/mol. The van der Waals surface area contributed by atoms with Crippen molar-refractivity contribution in [3.8, 4) is 0 Å². The van der Waals surface area contributed by atoms with Crippen molar-refractivity contribution in [1.29, 1.82) is 0 Å². The number of carbonyl (C=O) groups excluding carboxylic acids is 1. The van der Waals surface area contributed by atoms with Gasteiger partial charge in [0.15, 0.2) is 0 Å². The lowest BCUT2D eigenvalue weighted by Gasteiger charge is -2.11. The van der Waals surface area contributed by atoms with Gasteiger partial charge in [-0.15, -0.1) is 0 Å². The number of carbonyl (C=O) groups is 1. The molecule has 0 saturated heterocycles. The zero-order valence-corrected chi connectivity index (χ0v) is 10.9. The molecule has 16 heavy (non-hydrogen) atoms. The molecule has 1 N–H and O–H groups in total. The van der Waals surface area contributed by atoms with Crippen molar-refractivity contribution in [1.82, 2.24) is 0 Å². The van der Waals surface area contributed by atoms with Crippen molar-refractivity contribution in [2.45, 2.75) is 46.0 Å². The van der Waals surface area contributed by atoms with Gasteiger partial charge in [-0.1, -0.05) is 46.1 Å². The van der Waals surface area contributed by atoms with Crippen LogP contribution >= 0.6 is 0 Å². The molecule has 0 aliphatic rings. The second-order valence-electron chi connectivity index (χ2n) is 3.66. The van der Waals surface area contributed by atoms with Gasteiger partial charge in [0.2, 0.25) is 0 Å². The first-order chi connectivity index (χ1) is 7.65. The summed E-state index contributed by atoms with van der Waals surface area (Å²) in [4.78, 5) is 9.84. The predicted molar refractivity (Wildman–Crippen MR) is 67.2 cm³/mol. The molecule has 0 aliphatic carbocycles. The van der Waals surface area contributed by atoms with Crippen LogP contribution in [0.5, 0.6) is 0 Å². The third kappa shape index (κ3) is 13.2. The molecular formula is C13H26O3. The van der Waals surface area contributed by atoms with Crippen LogP contribution < -0.4 is 0 Å². The van der Waals surface area contributed by atoms with Crippen molar-refractivity contribution in [2.75, 3.05) is 13.7 Å². The number of aliphatic hydroxyl groups excluding tert-OH is 1. The van der Waals surface area contributed by atoms with E-state index in [0.717, 1.165) is 18.4 Å². The summed E-state index contributed by atoms with van der Waals surface area (Å²) in [5, 5.41) is 8.67. The average Bonchev–Trinajstić information content (AvgIpc) is 2.34. The molecule has 0 aliphatic heterocycles. The van der Waals surface area contributed by atoms with Gasteiger partial charge in [0.05, 0.1) is 7.11 Å². The summed E-state index contributed by atoms with van der Waals surface area (Å²) >= 11 is 0. The number of unbranched alkanes of at least 4 members (excludes halogenated alkanes) is 1. The van der Waals surface area contributed by atoms with E-state index in [4.69, 9.17) is 5.11 Å². The zero-order chi connectivity index (χ0) is 12.8. The van der Waals surface area contributed by atoms with Crippen LogP contribution in [0.1, 0.15) is 46.0 Å². The van der Waals surface area contributed by atoms with Crippen molar-refractivity contribution < 1.29 is 14.6 Å². The SMILES string of the molecule is C=CC(=O)OC.CCCCC(CC)CCO. The van der Waals surface area contributed by atoms with Crippen LogP contribution in [-0.4, -0.2) is 24.8 Å². The fourth-order valence-electron chi connectivity index (χ4n) is 1.31. The Morgan fingerprint density at radius 2 is 2.06 bits per heavy atom. The summed E-state index contributed by atoms with van der Waals surface area (Å²) in [7, 11) is 1.31. The van der Waals surface area contributed by atoms with Crippen LogP contribution in [-0.2, 0) is 9.53 Å². The Labute approximate surface area is 99.5 Å². The Balaban J connectivity index is 0. The first kappa shape index (κ1) is 17.6. The van der Waals surface area contributed by atoms with Crippen molar-refractivity contribution in [3.05, 3.63) is 12.7 Å². The van der Waals surface area contributed by atoms with Crippen LogP contribution in [0.2, 0.25) is 0 Å². The van der Waals surface area contributed by atoms with Crippen molar-refractivity contribution in [2.24, 2.45) is 5.92 Å². The maximum atomic E-state index is 9.84. The molecule has 3 nitrogen and oxygen atoms in total. The van der Waals surface area contributed by atoms with Crippen LogP contribution in [0, 0.1) is 5.92 Å². The molecule has 0 rings (SSSR count). The molecule has 0 bridgehead atoms. The molecule has 0 aromatic carbocycles. The molecule has 0 aromatic rings. The molecule has 0 saturated carbocycles. The van der Waals surface area contributed by atoms with E-state index in [1.165, 1.54) is 32.8 Å². The summed E-state index contributed by atoms with van der Waals surface area (Å²) in [6.45, 7) is 7.94. The third-order valence-electron chi connectivity index (χ3n) is 2.45. The molecule has 0 spiro atoms. The largest absolute Gasteiger partial charge is 0.466 e. The third-order valence-corrected chi connectivity index (χ3v) is 2.45. The number of hydrogen-bond acceptors (Lipinski definition) is 3. The van der Waals surface area contributed by atoms with E-state index in [0.29, 0.717) is 6.61 Å². The molecule has 0 aromatic heterocycles. The highest BCUT2D eigenvalue weighted by molar-refractivity contribution is 5.80. The summed E-state index contributed by atoms with van der Waals surface area (Å²) in [6.07, 6.45) is 7.23. The van der Waals surface area contributed by atoms with Gasteiger partial charge < -0.3 is 9.84 Å². The summed E-state index contributed by atoms with van der Waals surface area (Å²) in [5.74, 6) is 0.375. The number of esters is 1. The fraction of sp³-hybridized carbons (Fsp3) is 0.769. The zero-order valence-electron chi connectivity index (χ0n) is 10.9. The standard InChI is InChI=1S/C9H20O.C4H6O2/c1-3-5-6-9(4-2)7-8-10;1-3-4(5)6-2/h9-10H,3-8H2,1-2H3;3H,1H2,2H3. The highest BCUT2D eigenvalue weighted by Crippen LogP contribution is 2.15. The van der Waals surface area contributed by atoms with Crippen LogP contribution in [0.3, 0.4) is 0 Å². The smallest absolute Gasteiger partial charge is 0.329 e. The minimum Gasteiger partial charge on any atom is -0.466 e. The van der Waals surface area contributed by atoms with Gasteiger partial charge in [0.25, 0.3) is 0 Å². The normalized spacial score (nSPS) is 11.0. The predicted octanol–water partition coefficient (Wildman–Crippen LogP) is 2.93. The molecule has 0 amide bonds. The number of rotatable bonds is 7. The number of ether oxygens (including phenoxy) is 1. The number of hydrogen-bond donors (Lipinski definition) is 1. The van der Waals surface area contributed by atoms with Crippen molar-refractivity contribution >= 4 is 5.97 Å². The molecule has 0 fully saturated rings. The number of aliphatic hydroxyl groups is 1. The maximum Gasteiger partial charge on any atom is 0.329 e. The van der Waals surface area contributed by atoms with Gasteiger partial charge in [-0.2, -0.15) is 0 Å². The Kier molecular flexibility index (Phi) is 15.6. The van der Waals surface area contributed by atoms with E-state index in [1.807, 2.05) is 0 Å². The highest BCUT2D eigenvalue weighted by atomic mass is 16.5. The molecule has 1 atom stereocenters. The molecule has 0 heterocycles. The van der Waals surface area contributed by atoms with Gasteiger partial charge in [-0.25, -0.2) is 4.79 Å². The first-order valence-electron chi connectivity index (χ1n) is 5.97. The van der Waals surface area contributed by atoms with Gasteiger partial charge in [0, 0.05) is 12.7 Å². The van der Waals surface area contributed by atoms with Crippen LogP contribution in [0.25, 0.3) is 0 Å². The van der Waals surface area contributed by atoms with E-state index >= 15 is 0 Å². The molecule has 0 radical (unpaired) electrons. The van der Waals surface area contributed by atoms with Gasteiger partial charge in [-0.3, -0.25) is 0 Å².